The monoisotopic (exact) mass is 329 g/mol. The third-order valence-electron chi connectivity index (χ3n) is 4.33. The summed E-state index contributed by atoms with van der Waals surface area (Å²) >= 11 is 1.77. The van der Waals surface area contributed by atoms with Crippen molar-refractivity contribution in [3.8, 4) is 0 Å². The van der Waals surface area contributed by atoms with Crippen LogP contribution in [0, 0.1) is 5.92 Å². The van der Waals surface area contributed by atoms with Crippen LogP contribution in [0.15, 0.2) is 41.8 Å². The third-order valence-corrected chi connectivity index (χ3v) is 5.21. The molecule has 1 aliphatic rings. The van der Waals surface area contributed by atoms with Gasteiger partial charge in [-0.2, -0.15) is 0 Å². The van der Waals surface area contributed by atoms with Gasteiger partial charge in [-0.1, -0.05) is 18.2 Å². The molecule has 2 heterocycles. The van der Waals surface area contributed by atoms with Crippen LogP contribution in [0.25, 0.3) is 0 Å². The third kappa shape index (κ3) is 4.33. The number of primary amides is 1. The zero-order valence-electron chi connectivity index (χ0n) is 13.2. The number of rotatable bonds is 6. The van der Waals surface area contributed by atoms with Crippen LogP contribution in [-0.2, 0) is 17.9 Å². The highest BCUT2D eigenvalue weighted by atomic mass is 32.1. The van der Waals surface area contributed by atoms with Crippen LogP contribution in [0.5, 0.6) is 0 Å². The van der Waals surface area contributed by atoms with E-state index in [1.165, 1.54) is 16.1 Å². The molecule has 0 spiro atoms. The van der Waals surface area contributed by atoms with E-state index < -0.39 is 0 Å². The predicted octanol–water partition coefficient (Wildman–Crippen LogP) is 2.74. The first-order valence-electron chi connectivity index (χ1n) is 8.08. The molecule has 1 aromatic carbocycles. The maximum Gasteiger partial charge on any atom is 0.222 e. The summed E-state index contributed by atoms with van der Waals surface area (Å²) in [6.45, 7) is 3.51. The topological polar surface area (TPSA) is 58.4 Å². The highest BCUT2D eigenvalue weighted by molar-refractivity contribution is 7.09. The average molecular weight is 329 g/mol. The fourth-order valence-electron chi connectivity index (χ4n) is 3.01. The molecule has 1 atom stereocenters. The number of anilines is 1. The lowest BCUT2D eigenvalue weighted by Gasteiger charge is -2.33. The summed E-state index contributed by atoms with van der Waals surface area (Å²) in [6.07, 6.45) is 1.94. The van der Waals surface area contributed by atoms with Crippen molar-refractivity contribution in [2.45, 2.75) is 25.9 Å². The molecular weight excluding hydrogens is 306 g/mol. The minimum absolute atomic E-state index is 0.0177. The highest BCUT2D eigenvalue weighted by Crippen LogP contribution is 2.23. The van der Waals surface area contributed by atoms with E-state index in [0.717, 1.165) is 39.0 Å². The van der Waals surface area contributed by atoms with Crippen molar-refractivity contribution in [1.29, 1.82) is 0 Å². The summed E-state index contributed by atoms with van der Waals surface area (Å²) in [5.41, 5.74) is 7.90. The first-order valence-corrected chi connectivity index (χ1v) is 8.96. The largest absolute Gasteiger partial charge is 0.371 e. The van der Waals surface area contributed by atoms with E-state index in [4.69, 9.17) is 5.73 Å². The Hall–Kier alpha value is -1.85. The second kappa shape index (κ2) is 7.62. The molecule has 1 fully saturated rings. The van der Waals surface area contributed by atoms with Crippen LogP contribution in [0.3, 0.4) is 0 Å². The van der Waals surface area contributed by atoms with Crippen molar-refractivity contribution < 1.29 is 4.79 Å². The predicted molar refractivity (Wildman–Crippen MR) is 95.4 cm³/mol. The number of benzene rings is 1. The first-order chi connectivity index (χ1) is 11.2. The van der Waals surface area contributed by atoms with Crippen molar-refractivity contribution in [2.24, 2.45) is 11.7 Å². The van der Waals surface area contributed by atoms with E-state index in [2.05, 4.69) is 52.0 Å². The van der Waals surface area contributed by atoms with Crippen LogP contribution < -0.4 is 16.0 Å². The Labute approximate surface area is 141 Å². The van der Waals surface area contributed by atoms with Crippen molar-refractivity contribution in [2.75, 3.05) is 18.0 Å². The van der Waals surface area contributed by atoms with Gasteiger partial charge in [-0.15, -0.1) is 11.3 Å². The van der Waals surface area contributed by atoms with Gasteiger partial charge >= 0.3 is 0 Å². The number of amides is 1. The quantitative estimate of drug-likeness (QED) is 0.857. The number of carbonyl (C=O) groups excluding carboxylic acids is 1. The van der Waals surface area contributed by atoms with Gasteiger partial charge < -0.3 is 16.0 Å². The molecule has 1 aromatic heterocycles. The number of piperidine rings is 1. The fourth-order valence-corrected chi connectivity index (χ4v) is 3.69. The molecule has 0 radical (unpaired) electrons. The zero-order chi connectivity index (χ0) is 16.1. The Balaban J connectivity index is 1.53. The molecule has 5 heteroatoms. The van der Waals surface area contributed by atoms with E-state index in [9.17, 15) is 4.79 Å². The molecule has 0 aliphatic carbocycles. The van der Waals surface area contributed by atoms with Crippen LogP contribution in [0.1, 0.15) is 23.3 Å². The Bertz CT molecular complexity index is 624. The highest BCUT2D eigenvalue weighted by Gasteiger charge is 2.23. The maximum absolute atomic E-state index is 11.4. The summed E-state index contributed by atoms with van der Waals surface area (Å²) in [5, 5.41) is 5.56. The summed E-state index contributed by atoms with van der Waals surface area (Å²) in [7, 11) is 0. The van der Waals surface area contributed by atoms with Crippen LogP contribution in [-0.4, -0.2) is 19.0 Å². The second-order valence-corrected chi connectivity index (χ2v) is 7.07. The lowest BCUT2D eigenvalue weighted by atomic mass is 9.97. The van der Waals surface area contributed by atoms with Gasteiger partial charge in [0.25, 0.3) is 0 Å². The number of hydrogen-bond donors (Lipinski definition) is 2. The first kappa shape index (κ1) is 16.0. The lowest BCUT2D eigenvalue weighted by molar-refractivity contribution is -0.122. The normalized spacial score (nSPS) is 18.1. The second-order valence-electron chi connectivity index (χ2n) is 6.04. The SMILES string of the molecule is NC(=O)C1CCCN(c2ccc(CNCc3cccs3)cc2)C1. The van der Waals surface area contributed by atoms with Gasteiger partial charge in [0.1, 0.15) is 0 Å². The molecule has 23 heavy (non-hydrogen) atoms. The van der Waals surface area contributed by atoms with Crippen molar-refractivity contribution in [1.82, 2.24) is 5.32 Å². The van der Waals surface area contributed by atoms with E-state index in [1.54, 1.807) is 11.3 Å². The number of nitrogens with two attached hydrogens (primary N) is 1. The van der Waals surface area contributed by atoms with Crippen LogP contribution >= 0.6 is 11.3 Å². The Morgan fingerprint density at radius 2 is 2.09 bits per heavy atom. The number of nitrogens with one attached hydrogen (secondary N) is 1. The zero-order valence-corrected chi connectivity index (χ0v) is 14.0. The van der Waals surface area contributed by atoms with Gasteiger partial charge in [0.15, 0.2) is 0 Å². The number of hydrogen-bond acceptors (Lipinski definition) is 4. The average Bonchev–Trinajstić information content (AvgIpc) is 3.09. The molecule has 1 aliphatic heterocycles. The van der Waals surface area contributed by atoms with Gasteiger partial charge in [-0.05, 0) is 42.0 Å². The lowest BCUT2D eigenvalue weighted by Crippen LogP contribution is -2.41. The van der Waals surface area contributed by atoms with Crippen LogP contribution in [0.4, 0.5) is 5.69 Å². The number of carbonyl (C=O) groups is 1. The number of thiophene rings is 1. The van der Waals surface area contributed by atoms with Crippen LogP contribution in [0.2, 0.25) is 0 Å². The standard InChI is InChI=1S/C18H23N3OS/c19-18(22)15-3-1-9-21(13-15)16-7-5-14(6-8-16)11-20-12-17-4-2-10-23-17/h2,4-8,10,15,20H,1,3,9,11-13H2,(H2,19,22). The van der Waals surface area contributed by atoms with Gasteiger partial charge in [0, 0.05) is 36.7 Å². The minimum atomic E-state index is -0.177. The van der Waals surface area contributed by atoms with Crippen molar-refractivity contribution >= 4 is 22.9 Å². The molecule has 122 valence electrons. The molecule has 0 bridgehead atoms. The molecule has 3 N–H and O–H groups in total. The van der Waals surface area contributed by atoms with E-state index in [-0.39, 0.29) is 11.8 Å². The smallest absolute Gasteiger partial charge is 0.222 e. The summed E-state index contributed by atoms with van der Waals surface area (Å²) in [5.74, 6) is -0.194. The Morgan fingerprint density at radius 3 is 2.78 bits per heavy atom. The molecule has 2 aromatic rings. The van der Waals surface area contributed by atoms with Crippen molar-refractivity contribution in [3.05, 3.63) is 52.2 Å². The maximum atomic E-state index is 11.4. The summed E-state index contributed by atoms with van der Waals surface area (Å²) < 4.78 is 0. The molecule has 1 saturated heterocycles. The van der Waals surface area contributed by atoms with E-state index >= 15 is 0 Å². The minimum Gasteiger partial charge on any atom is -0.371 e. The molecule has 1 unspecified atom stereocenters. The molecule has 4 nitrogen and oxygen atoms in total. The van der Waals surface area contributed by atoms with Crippen molar-refractivity contribution in [3.63, 3.8) is 0 Å². The van der Waals surface area contributed by atoms with Gasteiger partial charge in [0.05, 0.1) is 5.92 Å². The summed E-state index contributed by atoms with van der Waals surface area (Å²) in [4.78, 5) is 15.0. The van der Waals surface area contributed by atoms with E-state index in [0.29, 0.717) is 0 Å². The molecule has 1 amide bonds. The molecular formula is C18H23N3OS. The van der Waals surface area contributed by atoms with E-state index in [1.807, 2.05) is 0 Å². The van der Waals surface area contributed by atoms with Gasteiger partial charge in [0.2, 0.25) is 5.91 Å². The molecule has 0 saturated carbocycles. The Morgan fingerprint density at radius 1 is 1.26 bits per heavy atom. The van der Waals surface area contributed by atoms with Gasteiger partial charge in [-0.3, -0.25) is 4.79 Å². The molecule has 3 rings (SSSR count). The fraction of sp³-hybridized carbons (Fsp3) is 0.389. The number of nitrogens with zero attached hydrogens (tertiary/aromatic N) is 1. The Kier molecular flexibility index (Phi) is 5.31. The van der Waals surface area contributed by atoms with Gasteiger partial charge in [-0.25, -0.2) is 0 Å². The summed E-state index contributed by atoms with van der Waals surface area (Å²) in [6, 6.07) is 12.8.